The van der Waals surface area contributed by atoms with Crippen LogP contribution in [0.4, 0.5) is 20.2 Å². The van der Waals surface area contributed by atoms with Crippen molar-refractivity contribution in [3.05, 3.63) is 53.4 Å². The minimum Gasteiger partial charge on any atom is -0.370 e. The molecule has 10 heteroatoms. The first-order valence-corrected chi connectivity index (χ1v) is 12.2. The molecule has 1 aliphatic rings. The molecule has 7 nitrogen and oxygen atoms in total. The molecule has 2 aromatic heterocycles. The summed E-state index contributed by atoms with van der Waals surface area (Å²) in [5.74, 6) is -3.43. The molecule has 2 N–H and O–H groups in total. The second kappa shape index (κ2) is 8.85. The summed E-state index contributed by atoms with van der Waals surface area (Å²) in [4.78, 5) is 22.6. The summed E-state index contributed by atoms with van der Waals surface area (Å²) in [6.07, 6.45) is 6.69. The van der Waals surface area contributed by atoms with E-state index in [0.717, 1.165) is 50.2 Å². The zero-order valence-corrected chi connectivity index (χ0v) is 18.4. The van der Waals surface area contributed by atoms with E-state index in [1.54, 1.807) is 19.2 Å². The third-order valence-electron chi connectivity index (χ3n) is 5.54. The van der Waals surface area contributed by atoms with Crippen molar-refractivity contribution in [3.63, 3.8) is 0 Å². The second-order valence-electron chi connectivity index (χ2n) is 7.87. The number of benzene rings is 1. The molecule has 1 saturated heterocycles. The molecular formula is C22H24F2N4O3S. The number of ketones is 1. The zero-order valence-electron chi connectivity index (χ0n) is 17.6. The van der Waals surface area contributed by atoms with Crippen LogP contribution in [0.5, 0.6) is 0 Å². The van der Waals surface area contributed by atoms with Crippen molar-refractivity contribution in [3.8, 4) is 0 Å². The number of halogens is 2. The Morgan fingerprint density at radius 2 is 1.97 bits per heavy atom. The van der Waals surface area contributed by atoms with Crippen molar-refractivity contribution >= 4 is 38.2 Å². The minimum atomic E-state index is -3.81. The predicted octanol–water partition coefficient (Wildman–Crippen LogP) is 4.21. The van der Waals surface area contributed by atoms with Crippen LogP contribution in [0.3, 0.4) is 0 Å². The smallest absolute Gasteiger partial charge is 0.232 e. The van der Waals surface area contributed by atoms with Gasteiger partial charge in [-0.05, 0) is 43.9 Å². The average molecular weight is 463 g/mol. The maximum atomic E-state index is 15.1. The molecular weight excluding hydrogens is 438 g/mol. The second-order valence-corrected chi connectivity index (χ2v) is 9.72. The monoisotopic (exact) mass is 462 g/mol. The van der Waals surface area contributed by atoms with Crippen LogP contribution in [0.15, 0.2) is 30.6 Å². The van der Waals surface area contributed by atoms with Gasteiger partial charge < -0.3 is 9.88 Å². The Morgan fingerprint density at radius 3 is 2.69 bits per heavy atom. The van der Waals surface area contributed by atoms with Gasteiger partial charge in [-0.1, -0.05) is 6.92 Å². The van der Waals surface area contributed by atoms with Gasteiger partial charge in [-0.25, -0.2) is 22.2 Å². The summed E-state index contributed by atoms with van der Waals surface area (Å²) < 4.78 is 55.8. The number of aromatic nitrogens is 2. The fourth-order valence-corrected chi connectivity index (χ4v) is 5.10. The molecule has 1 aliphatic heterocycles. The number of nitrogens with zero attached hydrogens (tertiary/aromatic N) is 2. The van der Waals surface area contributed by atoms with Gasteiger partial charge in [0.05, 0.1) is 28.9 Å². The number of piperidine rings is 1. The first-order chi connectivity index (χ1) is 15.3. The highest BCUT2D eigenvalue weighted by Gasteiger charge is 2.26. The van der Waals surface area contributed by atoms with Gasteiger partial charge in [-0.2, -0.15) is 0 Å². The molecule has 0 unspecified atom stereocenters. The van der Waals surface area contributed by atoms with Gasteiger partial charge in [0.2, 0.25) is 15.8 Å². The van der Waals surface area contributed by atoms with Crippen LogP contribution in [0.2, 0.25) is 0 Å². The highest BCUT2D eigenvalue weighted by Crippen LogP contribution is 2.29. The fourth-order valence-electron chi connectivity index (χ4n) is 3.97. The Balaban J connectivity index is 1.73. The van der Waals surface area contributed by atoms with Crippen LogP contribution in [-0.2, 0) is 10.0 Å². The lowest BCUT2D eigenvalue weighted by molar-refractivity contribution is 0.103. The summed E-state index contributed by atoms with van der Waals surface area (Å²) in [6.45, 7) is 3.42. The van der Waals surface area contributed by atoms with Gasteiger partial charge in [0.1, 0.15) is 11.5 Å². The SMILES string of the molecule is CCCS(=O)(=O)Nc1ccc(F)c(C(=O)c2c[nH]c3ncc(N4CCCCC4)cc23)c1F. The number of carbonyl (C=O) groups is 1. The number of pyridine rings is 1. The lowest BCUT2D eigenvalue weighted by Crippen LogP contribution is -2.29. The van der Waals surface area contributed by atoms with Crippen molar-refractivity contribution in [1.82, 2.24) is 9.97 Å². The number of hydrogen-bond acceptors (Lipinski definition) is 5. The molecule has 32 heavy (non-hydrogen) atoms. The number of carbonyl (C=O) groups excluding carboxylic acids is 1. The Bertz CT molecular complexity index is 1270. The highest BCUT2D eigenvalue weighted by atomic mass is 32.2. The van der Waals surface area contributed by atoms with Gasteiger partial charge in [-0.15, -0.1) is 0 Å². The van der Waals surface area contributed by atoms with E-state index in [1.807, 2.05) is 0 Å². The minimum absolute atomic E-state index is 0.0673. The molecule has 0 saturated carbocycles. The molecule has 3 heterocycles. The zero-order chi connectivity index (χ0) is 22.9. The fraction of sp³-hybridized carbons (Fsp3) is 0.364. The topological polar surface area (TPSA) is 95.2 Å². The summed E-state index contributed by atoms with van der Waals surface area (Å²) in [5.41, 5.74) is 0.0569. The van der Waals surface area contributed by atoms with Gasteiger partial charge in [0, 0.05) is 30.2 Å². The van der Waals surface area contributed by atoms with Crippen LogP contribution >= 0.6 is 0 Å². The molecule has 3 aromatic rings. The first kappa shape index (κ1) is 22.2. The molecule has 0 aliphatic carbocycles. The Morgan fingerprint density at radius 1 is 1.22 bits per heavy atom. The summed E-state index contributed by atoms with van der Waals surface area (Å²) in [6, 6.07) is 3.65. The van der Waals surface area contributed by atoms with Gasteiger partial charge >= 0.3 is 0 Å². The summed E-state index contributed by atoms with van der Waals surface area (Å²) in [7, 11) is -3.81. The van der Waals surface area contributed by atoms with Gasteiger partial charge in [0.15, 0.2) is 5.82 Å². The molecule has 1 fully saturated rings. The Kier molecular flexibility index (Phi) is 6.14. The van der Waals surface area contributed by atoms with E-state index in [-0.39, 0.29) is 11.3 Å². The third kappa shape index (κ3) is 4.32. The average Bonchev–Trinajstić information content (AvgIpc) is 3.19. The quantitative estimate of drug-likeness (QED) is 0.513. The lowest BCUT2D eigenvalue weighted by atomic mass is 10.0. The van der Waals surface area contributed by atoms with E-state index in [2.05, 4.69) is 19.6 Å². The van der Waals surface area contributed by atoms with Crippen LogP contribution in [0.1, 0.15) is 48.5 Å². The van der Waals surface area contributed by atoms with E-state index in [4.69, 9.17) is 0 Å². The standard InChI is InChI=1S/C22H24F2N4O3S/c1-2-10-32(30,31)27-18-7-6-17(23)19(20(18)24)21(29)16-13-26-22-15(16)11-14(12-25-22)28-8-4-3-5-9-28/h6-7,11-13,27H,2-5,8-10H2,1H3,(H,25,26). The van der Waals surface area contributed by atoms with Crippen molar-refractivity contribution < 1.29 is 22.0 Å². The van der Waals surface area contributed by atoms with Crippen LogP contribution in [0.25, 0.3) is 11.0 Å². The van der Waals surface area contributed by atoms with E-state index in [0.29, 0.717) is 17.5 Å². The Labute approximate surface area is 184 Å². The van der Waals surface area contributed by atoms with Crippen molar-refractivity contribution in [2.75, 3.05) is 28.5 Å². The van der Waals surface area contributed by atoms with E-state index in [9.17, 15) is 17.6 Å². The molecule has 4 rings (SSSR count). The highest BCUT2D eigenvalue weighted by molar-refractivity contribution is 7.92. The Hall–Kier alpha value is -3.01. The van der Waals surface area contributed by atoms with E-state index < -0.39 is 38.7 Å². The number of anilines is 2. The molecule has 0 bridgehead atoms. The predicted molar refractivity (Wildman–Crippen MR) is 120 cm³/mol. The van der Waals surface area contributed by atoms with Crippen molar-refractivity contribution in [2.45, 2.75) is 32.6 Å². The first-order valence-electron chi connectivity index (χ1n) is 10.6. The molecule has 1 aromatic carbocycles. The molecule has 0 amide bonds. The number of hydrogen-bond donors (Lipinski definition) is 2. The molecule has 0 radical (unpaired) electrons. The number of fused-ring (bicyclic) bond motifs is 1. The molecule has 0 spiro atoms. The van der Waals surface area contributed by atoms with Gasteiger partial charge in [0.25, 0.3) is 0 Å². The molecule has 0 atom stereocenters. The molecule has 170 valence electrons. The summed E-state index contributed by atoms with van der Waals surface area (Å²) >= 11 is 0. The number of H-pyrrole nitrogens is 1. The van der Waals surface area contributed by atoms with Crippen molar-refractivity contribution in [1.29, 1.82) is 0 Å². The number of nitrogens with one attached hydrogen (secondary N) is 2. The third-order valence-corrected chi connectivity index (χ3v) is 7.02. The maximum absolute atomic E-state index is 15.1. The summed E-state index contributed by atoms with van der Waals surface area (Å²) in [5, 5.41) is 0.453. The largest absolute Gasteiger partial charge is 0.370 e. The maximum Gasteiger partial charge on any atom is 0.232 e. The number of sulfonamides is 1. The lowest BCUT2D eigenvalue weighted by Gasteiger charge is -2.28. The number of rotatable bonds is 7. The normalized spacial score (nSPS) is 14.7. The van der Waals surface area contributed by atoms with E-state index in [1.165, 1.54) is 6.20 Å². The van der Waals surface area contributed by atoms with Crippen LogP contribution in [-0.4, -0.2) is 43.0 Å². The van der Waals surface area contributed by atoms with Crippen LogP contribution < -0.4 is 9.62 Å². The van der Waals surface area contributed by atoms with Crippen molar-refractivity contribution in [2.24, 2.45) is 0 Å². The van der Waals surface area contributed by atoms with Gasteiger partial charge in [-0.3, -0.25) is 9.52 Å². The van der Waals surface area contributed by atoms with Crippen LogP contribution in [0, 0.1) is 11.6 Å². The van der Waals surface area contributed by atoms with E-state index >= 15 is 4.39 Å². The number of aromatic amines is 1.